The van der Waals surface area contributed by atoms with Gasteiger partial charge in [-0.25, -0.2) is 15.0 Å². The van der Waals surface area contributed by atoms with Crippen LogP contribution in [-0.4, -0.2) is 32.2 Å². The van der Waals surface area contributed by atoms with E-state index in [1.807, 2.05) is 36.3 Å². The highest BCUT2D eigenvalue weighted by Crippen LogP contribution is 2.28. The SMILES string of the molecule is CN(Cc1cnc(-c2ccccc2)s1)c1nc(-c2cn[nH]c2)cnc1N. The number of nitrogens with two attached hydrogens (primary N) is 1. The number of thiazole rings is 1. The number of nitrogens with one attached hydrogen (secondary N) is 1. The van der Waals surface area contributed by atoms with E-state index in [9.17, 15) is 0 Å². The molecule has 8 heteroatoms. The summed E-state index contributed by atoms with van der Waals surface area (Å²) in [5, 5.41) is 7.73. The highest BCUT2D eigenvalue weighted by molar-refractivity contribution is 7.15. The molecule has 0 aliphatic heterocycles. The third kappa shape index (κ3) is 3.27. The number of nitrogen functional groups attached to an aromatic ring is 1. The molecule has 0 spiro atoms. The third-order valence-electron chi connectivity index (χ3n) is 3.90. The van der Waals surface area contributed by atoms with Gasteiger partial charge in [-0.1, -0.05) is 30.3 Å². The highest BCUT2D eigenvalue weighted by atomic mass is 32.1. The molecule has 4 rings (SSSR count). The number of aromatic amines is 1. The Kier molecular flexibility index (Phi) is 4.32. The number of rotatable bonds is 5. The number of benzene rings is 1. The van der Waals surface area contributed by atoms with Crippen LogP contribution >= 0.6 is 11.3 Å². The predicted octanol–water partition coefficient (Wildman–Crippen LogP) is 3.21. The lowest BCUT2D eigenvalue weighted by Crippen LogP contribution is -2.19. The van der Waals surface area contributed by atoms with E-state index >= 15 is 0 Å². The summed E-state index contributed by atoms with van der Waals surface area (Å²) in [5.74, 6) is 1.03. The van der Waals surface area contributed by atoms with Crippen molar-refractivity contribution < 1.29 is 0 Å². The molecule has 130 valence electrons. The minimum absolute atomic E-state index is 0.396. The molecule has 0 bridgehead atoms. The maximum absolute atomic E-state index is 6.04. The van der Waals surface area contributed by atoms with Crippen LogP contribution < -0.4 is 10.6 Å². The van der Waals surface area contributed by atoms with E-state index in [4.69, 9.17) is 5.73 Å². The maximum atomic E-state index is 6.04. The van der Waals surface area contributed by atoms with Crippen molar-refractivity contribution >= 4 is 23.0 Å². The van der Waals surface area contributed by atoms with Gasteiger partial charge in [-0.3, -0.25) is 5.10 Å². The zero-order valence-corrected chi connectivity index (χ0v) is 14.9. The van der Waals surface area contributed by atoms with Crippen LogP contribution in [0.2, 0.25) is 0 Å². The van der Waals surface area contributed by atoms with E-state index in [1.54, 1.807) is 29.9 Å². The third-order valence-corrected chi connectivity index (χ3v) is 4.94. The molecular formula is C18H17N7S. The molecule has 3 heterocycles. The van der Waals surface area contributed by atoms with Gasteiger partial charge in [0, 0.05) is 35.4 Å². The average Bonchev–Trinajstić information content (AvgIpc) is 3.35. The molecule has 0 unspecified atom stereocenters. The Morgan fingerprint density at radius 3 is 2.69 bits per heavy atom. The van der Waals surface area contributed by atoms with Gasteiger partial charge >= 0.3 is 0 Å². The first-order valence-electron chi connectivity index (χ1n) is 8.03. The first-order chi connectivity index (χ1) is 12.7. The van der Waals surface area contributed by atoms with Gasteiger partial charge in [0.25, 0.3) is 0 Å². The fraction of sp³-hybridized carbons (Fsp3) is 0.111. The number of hydrogen-bond donors (Lipinski definition) is 2. The second kappa shape index (κ2) is 6.93. The summed E-state index contributed by atoms with van der Waals surface area (Å²) in [6, 6.07) is 10.1. The summed E-state index contributed by atoms with van der Waals surface area (Å²) < 4.78 is 0. The van der Waals surface area contributed by atoms with Crippen molar-refractivity contribution in [2.75, 3.05) is 17.7 Å². The summed E-state index contributed by atoms with van der Waals surface area (Å²) >= 11 is 1.66. The lowest BCUT2D eigenvalue weighted by atomic mass is 10.2. The molecule has 0 saturated carbocycles. The van der Waals surface area contributed by atoms with E-state index in [1.165, 1.54) is 0 Å². The molecule has 4 aromatic rings. The Labute approximate surface area is 154 Å². The Morgan fingerprint density at radius 1 is 1.08 bits per heavy atom. The lowest BCUT2D eigenvalue weighted by molar-refractivity contribution is 0.906. The molecule has 3 aromatic heterocycles. The van der Waals surface area contributed by atoms with Crippen LogP contribution in [0.5, 0.6) is 0 Å². The summed E-state index contributed by atoms with van der Waals surface area (Å²) in [5.41, 5.74) is 8.76. The molecule has 0 saturated heterocycles. The van der Waals surface area contributed by atoms with E-state index in [0.29, 0.717) is 18.2 Å². The Bertz CT molecular complexity index is 996. The number of nitrogens with zero attached hydrogens (tertiary/aromatic N) is 5. The number of anilines is 2. The Hall–Kier alpha value is -3.26. The molecular weight excluding hydrogens is 346 g/mol. The minimum Gasteiger partial charge on any atom is -0.381 e. The van der Waals surface area contributed by atoms with E-state index in [-0.39, 0.29) is 0 Å². The molecule has 26 heavy (non-hydrogen) atoms. The van der Waals surface area contributed by atoms with Gasteiger partial charge in [-0.05, 0) is 0 Å². The smallest absolute Gasteiger partial charge is 0.172 e. The van der Waals surface area contributed by atoms with Gasteiger partial charge in [-0.2, -0.15) is 5.10 Å². The fourth-order valence-electron chi connectivity index (χ4n) is 2.60. The van der Waals surface area contributed by atoms with Crippen molar-refractivity contribution in [2.24, 2.45) is 0 Å². The van der Waals surface area contributed by atoms with Crippen LogP contribution in [0.1, 0.15) is 4.88 Å². The second-order valence-corrected chi connectivity index (χ2v) is 6.92. The molecule has 1 aromatic carbocycles. The van der Waals surface area contributed by atoms with E-state index < -0.39 is 0 Å². The topological polar surface area (TPSA) is 96.6 Å². The van der Waals surface area contributed by atoms with Gasteiger partial charge in [0.2, 0.25) is 0 Å². The fourth-order valence-corrected chi connectivity index (χ4v) is 3.57. The quantitative estimate of drug-likeness (QED) is 0.565. The Morgan fingerprint density at radius 2 is 1.92 bits per heavy atom. The number of hydrogen-bond acceptors (Lipinski definition) is 7. The molecule has 0 aliphatic rings. The van der Waals surface area contributed by atoms with Crippen LogP contribution in [0.3, 0.4) is 0 Å². The molecule has 0 fully saturated rings. The van der Waals surface area contributed by atoms with Crippen LogP contribution in [-0.2, 0) is 6.54 Å². The van der Waals surface area contributed by atoms with Crippen LogP contribution in [0.4, 0.5) is 11.6 Å². The zero-order chi connectivity index (χ0) is 17.9. The van der Waals surface area contributed by atoms with Crippen molar-refractivity contribution in [2.45, 2.75) is 6.54 Å². The van der Waals surface area contributed by atoms with Crippen molar-refractivity contribution in [1.82, 2.24) is 25.1 Å². The standard InChI is InChI=1S/C18H17N7S/c1-25(11-14-9-21-18(26-14)12-5-3-2-4-6-12)17-16(19)20-10-15(24-17)13-7-22-23-8-13/h2-10H,11H2,1H3,(H2,19,20)(H,22,23). The molecule has 0 amide bonds. The maximum Gasteiger partial charge on any atom is 0.172 e. The zero-order valence-electron chi connectivity index (χ0n) is 14.1. The molecule has 7 nitrogen and oxygen atoms in total. The van der Waals surface area contributed by atoms with Gasteiger partial charge in [-0.15, -0.1) is 11.3 Å². The monoisotopic (exact) mass is 363 g/mol. The summed E-state index contributed by atoms with van der Waals surface area (Å²) in [6.45, 7) is 0.651. The largest absolute Gasteiger partial charge is 0.381 e. The number of aromatic nitrogens is 5. The first kappa shape index (κ1) is 16.2. The second-order valence-electron chi connectivity index (χ2n) is 5.80. The lowest BCUT2D eigenvalue weighted by Gasteiger charge is -2.18. The van der Waals surface area contributed by atoms with E-state index in [2.05, 4.69) is 37.3 Å². The van der Waals surface area contributed by atoms with Gasteiger partial charge in [0.1, 0.15) is 5.01 Å². The first-order valence-corrected chi connectivity index (χ1v) is 8.85. The average molecular weight is 363 g/mol. The molecule has 0 radical (unpaired) electrons. The minimum atomic E-state index is 0.396. The highest BCUT2D eigenvalue weighted by Gasteiger charge is 2.14. The normalized spacial score (nSPS) is 10.8. The van der Waals surface area contributed by atoms with Crippen molar-refractivity contribution in [1.29, 1.82) is 0 Å². The van der Waals surface area contributed by atoms with Crippen molar-refractivity contribution in [3.05, 3.63) is 60.0 Å². The van der Waals surface area contributed by atoms with Crippen molar-refractivity contribution in [3.63, 3.8) is 0 Å². The van der Waals surface area contributed by atoms with Crippen LogP contribution in [0, 0.1) is 0 Å². The van der Waals surface area contributed by atoms with Crippen LogP contribution in [0.25, 0.3) is 21.8 Å². The molecule has 3 N–H and O–H groups in total. The van der Waals surface area contributed by atoms with Gasteiger partial charge in [0.05, 0.1) is 24.6 Å². The predicted molar refractivity (Wildman–Crippen MR) is 104 cm³/mol. The summed E-state index contributed by atoms with van der Waals surface area (Å²) in [4.78, 5) is 16.5. The van der Waals surface area contributed by atoms with Gasteiger partial charge in [0.15, 0.2) is 11.6 Å². The number of H-pyrrole nitrogens is 1. The summed E-state index contributed by atoms with van der Waals surface area (Å²) in [7, 11) is 1.95. The Balaban J connectivity index is 1.56. The van der Waals surface area contributed by atoms with Crippen LogP contribution in [0.15, 0.2) is 55.1 Å². The van der Waals surface area contributed by atoms with E-state index in [0.717, 1.165) is 26.7 Å². The summed E-state index contributed by atoms with van der Waals surface area (Å²) in [6.07, 6.45) is 7.03. The molecule has 0 aliphatic carbocycles. The molecule has 0 atom stereocenters. The van der Waals surface area contributed by atoms with Gasteiger partial charge < -0.3 is 10.6 Å². The van der Waals surface area contributed by atoms with Crippen molar-refractivity contribution in [3.8, 4) is 21.8 Å².